The molecule has 1 aliphatic heterocycles. The van der Waals surface area contributed by atoms with Crippen LogP contribution in [-0.2, 0) is 20.9 Å². The van der Waals surface area contributed by atoms with Crippen molar-refractivity contribution in [1.29, 1.82) is 0 Å². The number of hydrogen-bond acceptors (Lipinski definition) is 6. The lowest BCUT2D eigenvalue weighted by Gasteiger charge is -2.37. The van der Waals surface area contributed by atoms with Crippen molar-refractivity contribution in [2.24, 2.45) is 11.5 Å². The maximum Gasteiger partial charge on any atom is 0.411 e. The maximum absolute atomic E-state index is 13.5. The zero-order valence-corrected chi connectivity index (χ0v) is 21.7. The summed E-state index contributed by atoms with van der Waals surface area (Å²) < 4.78 is 12.0. The second-order valence-electron chi connectivity index (χ2n) is 8.84. The summed E-state index contributed by atoms with van der Waals surface area (Å²) in [6.07, 6.45) is 1.04. The molecule has 2 rings (SSSR count). The Morgan fingerprint density at radius 3 is 2.48 bits per heavy atom. The van der Waals surface area contributed by atoms with Crippen LogP contribution in [0.5, 0.6) is 0 Å². The van der Waals surface area contributed by atoms with E-state index in [1.54, 1.807) is 20.8 Å². The van der Waals surface area contributed by atoms with E-state index in [9.17, 15) is 9.59 Å². The molecule has 0 radical (unpaired) electrons. The molecule has 1 saturated heterocycles. The number of nitrogens with two attached hydrogens (primary N) is 2. The topological polar surface area (TPSA) is 120 Å². The summed E-state index contributed by atoms with van der Waals surface area (Å²) in [5.41, 5.74) is 10.5. The highest BCUT2D eigenvalue weighted by atomic mass is 79.9. The summed E-state index contributed by atoms with van der Waals surface area (Å²) in [5.74, 6) is -0.424. The molecule has 1 aromatic carbocycles. The molecule has 0 aliphatic carbocycles. The van der Waals surface area contributed by atoms with Gasteiger partial charge in [0.1, 0.15) is 22.1 Å². The number of nitrogens with one attached hydrogen (secondary N) is 1. The van der Waals surface area contributed by atoms with Crippen LogP contribution >= 0.6 is 27.5 Å². The van der Waals surface area contributed by atoms with E-state index >= 15 is 0 Å². The second kappa shape index (κ2) is 11.3. The molecule has 0 saturated carbocycles. The smallest absolute Gasteiger partial charge is 0.411 e. The molecular formula is C23H32BrClN4O4. The number of carbonyl (C=O) groups is 2. The van der Waals surface area contributed by atoms with Gasteiger partial charge in [-0.3, -0.25) is 9.69 Å². The van der Waals surface area contributed by atoms with Crippen LogP contribution in [0, 0.1) is 0 Å². The number of rotatable bonds is 7. The van der Waals surface area contributed by atoms with E-state index in [1.807, 2.05) is 37.3 Å². The molecule has 5 N–H and O–H groups in total. The molecule has 1 aromatic rings. The van der Waals surface area contributed by atoms with Gasteiger partial charge >= 0.3 is 6.09 Å². The van der Waals surface area contributed by atoms with E-state index < -0.39 is 23.1 Å². The molecule has 1 heterocycles. The van der Waals surface area contributed by atoms with Crippen LogP contribution in [0.15, 0.2) is 51.9 Å². The number of amides is 2. The maximum atomic E-state index is 13.5. The molecule has 182 valence electrons. The summed E-state index contributed by atoms with van der Waals surface area (Å²) in [6.45, 7) is 7.74. The van der Waals surface area contributed by atoms with Crippen molar-refractivity contribution in [3.05, 3.63) is 57.4 Å². The molecule has 2 amide bonds. The van der Waals surface area contributed by atoms with Gasteiger partial charge in [-0.1, -0.05) is 48.9 Å². The SMILES string of the molecule is CCC1(C(=O)N/C(N)=C(Br)/C=C(\N)Cl)CC(OCc2ccccc2)CN1C(=O)OC(C)(C)C. The molecule has 0 aromatic heterocycles. The quantitative estimate of drug-likeness (QED) is 0.353. The predicted molar refractivity (Wildman–Crippen MR) is 132 cm³/mol. The molecule has 0 bridgehead atoms. The number of halogens is 2. The first-order valence-corrected chi connectivity index (χ1v) is 11.8. The highest BCUT2D eigenvalue weighted by Crippen LogP contribution is 2.36. The van der Waals surface area contributed by atoms with E-state index in [1.165, 1.54) is 11.0 Å². The van der Waals surface area contributed by atoms with Crippen molar-refractivity contribution in [2.75, 3.05) is 6.54 Å². The van der Waals surface area contributed by atoms with E-state index in [0.717, 1.165) is 5.56 Å². The van der Waals surface area contributed by atoms with Crippen LogP contribution in [0.3, 0.4) is 0 Å². The van der Waals surface area contributed by atoms with Crippen molar-refractivity contribution in [1.82, 2.24) is 10.2 Å². The summed E-state index contributed by atoms with van der Waals surface area (Å²) in [7, 11) is 0. The first-order valence-electron chi connectivity index (χ1n) is 10.6. The van der Waals surface area contributed by atoms with Gasteiger partial charge in [-0.25, -0.2) is 4.79 Å². The Morgan fingerprint density at radius 2 is 1.94 bits per heavy atom. The Morgan fingerprint density at radius 1 is 1.30 bits per heavy atom. The van der Waals surface area contributed by atoms with Crippen molar-refractivity contribution < 1.29 is 19.1 Å². The Bertz CT molecular complexity index is 913. The second-order valence-corrected chi connectivity index (χ2v) is 10.1. The van der Waals surface area contributed by atoms with Crippen LogP contribution in [0.4, 0.5) is 4.79 Å². The van der Waals surface area contributed by atoms with Crippen molar-refractivity contribution in [3.63, 3.8) is 0 Å². The Kier molecular flexibility index (Phi) is 9.22. The van der Waals surface area contributed by atoms with Crippen LogP contribution in [0.25, 0.3) is 0 Å². The first kappa shape index (κ1) is 27.0. The number of allylic oxidation sites excluding steroid dienone is 2. The zero-order valence-electron chi connectivity index (χ0n) is 19.4. The van der Waals surface area contributed by atoms with E-state index in [0.29, 0.717) is 23.9 Å². The number of ether oxygens (including phenoxy) is 2. The molecule has 33 heavy (non-hydrogen) atoms. The third-order valence-corrected chi connectivity index (χ3v) is 5.95. The fourth-order valence-corrected chi connectivity index (χ4v) is 4.19. The highest BCUT2D eigenvalue weighted by molar-refractivity contribution is 9.11. The van der Waals surface area contributed by atoms with Gasteiger partial charge in [0.05, 0.1) is 23.7 Å². The number of likely N-dealkylation sites (tertiary alicyclic amines) is 1. The molecule has 0 spiro atoms. The van der Waals surface area contributed by atoms with E-state index in [2.05, 4.69) is 21.2 Å². The average molecular weight is 544 g/mol. The first-order chi connectivity index (χ1) is 15.4. The van der Waals surface area contributed by atoms with Gasteiger partial charge < -0.3 is 26.3 Å². The minimum Gasteiger partial charge on any atom is -0.444 e. The van der Waals surface area contributed by atoms with Crippen LogP contribution in [0.2, 0.25) is 0 Å². The summed E-state index contributed by atoms with van der Waals surface area (Å²) in [5, 5.41) is 2.66. The van der Waals surface area contributed by atoms with Gasteiger partial charge in [0.25, 0.3) is 5.91 Å². The molecule has 1 fully saturated rings. The monoisotopic (exact) mass is 542 g/mol. The highest BCUT2D eigenvalue weighted by Gasteiger charge is 2.53. The van der Waals surface area contributed by atoms with Gasteiger partial charge in [-0.05, 0) is 54.8 Å². The number of benzene rings is 1. The molecule has 2 atom stereocenters. The molecular weight excluding hydrogens is 512 g/mol. The lowest BCUT2D eigenvalue weighted by atomic mass is 9.91. The molecule has 2 unspecified atom stereocenters. The van der Waals surface area contributed by atoms with Gasteiger partial charge in [0.15, 0.2) is 0 Å². The fourth-order valence-electron chi connectivity index (χ4n) is 3.60. The average Bonchev–Trinajstić information content (AvgIpc) is 3.11. The number of carbonyl (C=O) groups excluding carboxylic acids is 2. The van der Waals surface area contributed by atoms with Crippen LogP contribution < -0.4 is 16.8 Å². The van der Waals surface area contributed by atoms with E-state index in [4.69, 9.17) is 32.5 Å². The van der Waals surface area contributed by atoms with Gasteiger partial charge in [-0.15, -0.1) is 0 Å². The number of nitrogens with zero attached hydrogens (tertiary/aromatic N) is 1. The predicted octanol–water partition coefficient (Wildman–Crippen LogP) is 4.04. The molecule has 10 heteroatoms. The standard InChI is InChI=1S/C23H32BrClN4O4/c1-5-23(20(30)28-19(27)17(24)11-18(25)26)12-16(32-14-15-9-7-6-8-10-15)13-29(23)21(31)33-22(2,3)4/h6-11,16H,5,12-14,26-27H2,1-4H3,(H,28,30)/b18-11-,19-17-. The Hall–Kier alpha value is -2.23. The fraction of sp³-hybridized carbons (Fsp3) is 0.478. The van der Waals surface area contributed by atoms with Crippen molar-refractivity contribution >= 4 is 39.5 Å². The van der Waals surface area contributed by atoms with Gasteiger partial charge in [0.2, 0.25) is 0 Å². The van der Waals surface area contributed by atoms with Crippen molar-refractivity contribution in [2.45, 2.75) is 64.4 Å². The lowest BCUT2D eigenvalue weighted by Crippen LogP contribution is -2.58. The molecule has 8 nitrogen and oxygen atoms in total. The lowest BCUT2D eigenvalue weighted by molar-refractivity contribution is -0.131. The van der Waals surface area contributed by atoms with Crippen LogP contribution in [0.1, 0.15) is 46.1 Å². The summed E-state index contributed by atoms with van der Waals surface area (Å²) >= 11 is 8.92. The number of hydrogen-bond donors (Lipinski definition) is 3. The zero-order chi connectivity index (χ0) is 24.8. The van der Waals surface area contributed by atoms with Crippen LogP contribution in [-0.4, -0.2) is 40.7 Å². The van der Waals surface area contributed by atoms with Gasteiger partial charge in [-0.2, -0.15) is 0 Å². The van der Waals surface area contributed by atoms with Gasteiger partial charge in [0, 0.05) is 6.42 Å². The normalized spacial score (nSPS) is 22.1. The third kappa shape index (κ3) is 7.38. The summed E-state index contributed by atoms with van der Waals surface area (Å²) in [4.78, 5) is 28.0. The Labute approximate surface area is 208 Å². The molecule has 1 aliphatic rings. The minimum absolute atomic E-state index is 0.00472. The van der Waals surface area contributed by atoms with E-state index in [-0.39, 0.29) is 23.6 Å². The Balaban J connectivity index is 2.31. The third-order valence-electron chi connectivity index (χ3n) is 5.19. The largest absolute Gasteiger partial charge is 0.444 e. The van der Waals surface area contributed by atoms with Crippen molar-refractivity contribution in [3.8, 4) is 0 Å². The minimum atomic E-state index is -1.21. The summed E-state index contributed by atoms with van der Waals surface area (Å²) in [6, 6.07) is 9.70.